The van der Waals surface area contributed by atoms with Gasteiger partial charge in [0, 0.05) is 31.6 Å². The number of rotatable bonds is 12. The van der Waals surface area contributed by atoms with E-state index in [0.29, 0.717) is 36.6 Å². The zero-order valence-corrected chi connectivity index (χ0v) is 22.9. The highest BCUT2D eigenvalue weighted by Crippen LogP contribution is 2.51. The number of fused-ring (bicyclic) bond motifs is 1. The number of hydrogen-bond donors (Lipinski definition) is 1. The molecule has 1 fully saturated rings. The van der Waals surface area contributed by atoms with Crippen molar-refractivity contribution >= 4 is 25.5 Å². The van der Waals surface area contributed by atoms with Crippen LogP contribution >= 0.6 is 8.53 Å². The van der Waals surface area contributed by atoms with Crippen molar-refractivity contribution in [1.82, 2.24) is 29.1 Å². The number of likely N-dealkylation sites (N-methyl/N-ethyl adjacent to an activating group) is 1. The second-order valence-corrected chi connectivity index (χ2v) is 11.0. The SMILES string of the molecule is CNc1ncnc2c1ncn2C1O[C@H](CN(C)C)[C@@H](OP(OCCC#N)N(C(C)C)C(C)C)[C@H]1C. The molecule has 0 spiro atoms. The number of imidazole rings is 1. The van der Waals surface area contributed by atoms with Gasteiger partial charge in [-0.05, 0) is 41.8 Å². The number of hydrogen-bond acceptors (Lipinski definition) is 10. The summed E-state index contributed by atoms with van der Waals surface area (Å²) >= 11 is 0. The molecule has 5 atom stereocenters. The third-order valence-electron chi connectivity index (χ3n) is 5.94. The topological polar surface area (TPSA) is 114 Å². The van der Waals surface area contributed by atoms with Gasteiger partial charge in [0.1, 0.15) is 18.1 Å². The normalized spacial score (nSPS) is 23.6. The zero-order chi connectivity index (χ0) is 25.7. The molecule has 35 heavy (non-hydrogen) atoms. The highest BCUT2D eigenvalue weighted by Gasteiger charge is 2.47. The third kappa shape index (κ3) is 6.26. The van der Waals surface area contributed by atoms with Crippen molar-refractivity contribution in [3.63, 3.8) is 0 Å². The Balaban J connectivity index is 1.93. The van der Waals surface area contributed by atoms with E-state index in [-0.39, 0.29) is 36.4 Å². The van der Waals surface area contributed by atoms with Gasteiger partial charge in [-0.2, -0.15) is 5.26 Å². The lowest BCUT2D eigenvalue weighted by Crippen LogP contribution is -2.39. The fourth-order valence-electron chi connectivity index (χ4n) is 4.49. The van der Waals surface area contributed by atoms with Crippen LogP contribution in [0.4, 0.5) is 5.82 Å². The number of anilines is 1. The van der Waals surface area contributed by atoms with Gasteiger partial charge >= 0.3 is 0 Å². The van der Waals surface area contributed by atoms with E-state index in [1.54, 1.807) is 6.33 Å². The molecule has 2 aromatic heterocycles. The molecule has 194 valence electrons. The average molecular weight is 507 g/mol. The van der Waals surface area contributed by atoms with Gasteiger partial charge in [-0.15, -0.1) is 0 Å². The summed E-state index contributed by atoms with van der Waals surface area (Å²) in [5.74, 6) is 0.673. The summed E-state index contributed by atoms with van der Waals surface area (Å²) in [6.07, 6.45) is 2.90. The van der Waals surface area contributed by atoms with E-state index in [2.05, 4.69) is 70.5 Å². The first kappa shape index (κ1) is 27.7. The molecular weight excluding hydrogens is 467 g/mol. The predicted molar refractivity (Wildman–Crippen MR) is 137 cm³/mol. The number of nitrogens with zero attached hydrogens (tertiary/aromatic N) is 7. The summed E-state index contributed by atoms with van der Waals surface area (Å²) in [5, 5.41) is 12.1. The first-order valence-electron chi connectivity index (χ1n) is 12.1. The summed E-state index contributed by atoms with van der Waals surface area (Å²) in [6.45, 7) is 11.7. The fourth-order valence-corrected chi connectivity index (χ4v) is 6.33. The Hall–Kier alpha value is -1.93. The first-order valence-corrected chi connectivity index (χ1v) is 13.2. The summed E-state index contributed by atoms with van der Waals surface area (Å²) in [5.41, 5.74) is 1.41. The lowest BCUT2D eigenvalue weighted by Gasteiger charge is -2.38. The molecule has 1 saturated heterocycles. The fraction of sp³-hybridized carbons (Fsp3) is 0.739. The lowest BCUT2D eigenvalue weighted by molar-refractivity contribution is -0.0283. The molecule has 1 aliphatic heterocycles. The van der Waals surface area contributed by atoms with Gasteiger partial charge in [-0.1, -0.05) is 6.92 Å². The van der Waals surface area contributed by atoms with Gasteiger partial charge in [0.05, 0.1) is 37.6 Å². The molecule has 0 aromatic carbocycles. The molecule has 12 heteroatoms. The highest BCUT2D eigenvalue weighted by atomic mass is 31.2. The van der Waals surface area contributed by atoms with Crippen molar-refractivity contribution in [1.29, 1.82) is 5.26 Å². The summed E-state index contributed by atoms with van der Waals surface area (Å²) in [4.78, 5) is 15.4. The molecule has 1 N–H and O–H groups in total. The maximum absolute atomic E-state index is 9.04. The molecule has 11 nitrogen and oxygen atoms in total. The van der Waals surface area contributed by atoms with Gasteiger partial charge < -0.3 is 24.0 Å². The molecular formula is C23H39N8O3P. The molecule has 0 bridgehead atoms. The summed E-state index contributed by atoms with van der Waals surface area (Å²) in [6, 6.07) is 2.60. The third-order valence-corrected chi connectivity index (χ3v) is 8.07. The van der Waals surface area contributed by atoms with Crippen LogP contribution in [-0.2, 0) is 13.8 Å². The molecule has 3 heterocycles. The summed E-state index contributed by atoms with van der Waals surface area (Å²) < 4.78 is 23.8. The minimum atomic E-state index is -1.40. The maximum atomic E-state index is 9.04. The first-order chi connectivity index (χ1) is 16.7. The van der Waals surface area contributed by atoms with E-state index >= 15 is 0 Å². The van der Waals surface area contributed by atoms with Crippen molar-refractivity contribution in [3.8, 4) is 6.07 Å². The van der Waals surface area contributed by atoms with Crippen LogP contribution in [0.15, 0.2) is 12.7 Å². The maximum Gasteiger partial charge on any atom is 0.259 e. The molecule has 0 amide bonds. The number of nitrogens with one attached hydrogen (secondary N) is 1. The van der Waals surface area contributed by atoms with Crippen molar-refractivity contribution in [2.75, 3.05) is 39.6 Å². The summed E-state index contributed by atoms with van der Waals surface area (Å²) in [7, 11) is 4.47. The van der Waals surface area contributed by atoms with E-state index in [1.165, 1.54) is 6.33 Å². The average Bonchev–Trinajstić information content (AvgIpc) is 3.34. The highest BCUT2D eigenvalue weighted by molar-refractivity contribution is 7.44. The number of ether oxygens (including phenoxy) is 1. The van der Waals surface area contributed by atoms with E-state index in [9.17, 15) is 0 Å². The van der Waals surface area contributed by atoms with Crippen molar-refractivity contribution in [3.05, 3.63) is 12.7 Å². The Morgan fingerprint density at radius 1 is 1.23 bits per heavy atom. The Kier molecular flexibility index (Phi) is 9.76. The minimum absolute atomic E-state index is 0.00362. The number of aromatic nitrogens is 4. The molecule has 0 aliphatic carbocycles. The van der Waals surface area contributed by atoms with Gasteiger partial charge in [-0.3, -0.25) is 4.57 Å². The molecule has 2 unspecified atom stereocenters. The van der Waals surface area contributed by atoms with E-state index in [1.807, 2.05) is 25.7 Å². The predicted octanol–water partition coefficient (Wildman–Crippen LogP) is 3.62. The van der Waals surface area contributed by atoms with Crippen LogP contribution in [0.2, 0.25) is 0 Å². The zero-order valence-electron chi connectivity index (χ0n) is 22.0. The van der Waals surface area contributed by atoms with Crippen LogP contribution in [0.1, 0.15) is 47.3 Å². The van der Waals surface area contributed by atoms with E-state index in [4.69, 9.17) is 19.0 Å². The van der Waals surface area contributed by atoms with Crippen LogP contribution in [-0.4, -0.2) is 87.7 Å². The molecule has 0 saturated carbocycles. The number of nitriles is 1. The Morgan fingerprint density at radius 2 is 1.94 bits per heavy atom. The Labute approximate surface area is 209 Å². The van der Waals surface area contributed by atoms with Crippen molar-refractivity contribution in [2.24, 2.45) is 5.92 Å². The van der Waals surface area contributed by atoms with Crippen LogP contribution in [0.25, 0.3) is 11.2 Å². The van der Waals surface area contributed by atoms with Crippen molar-refractivity contribution < 1.29 is 13.8 Å². The smallest absolute Gasteiger partial charge is 0.259 e. The van der Waals surface area contributed by atoms with E-state index < -0.39 is 8.53 Å². The van der Waals surface area contributed by atoms with Crippen LogP contribution in [0.5, 0.6) is 0 Å². The van der Waals surface area contributed by atoms with Gasteiger partial charge in [0.25, 0.3) is 8.53 Å². The minimum Gasteiger partial charge on any atom is -0.371 e. The molecule has 2 aromatic rings. The molecule has 3 rings (SSSR count). The van der Waals surface area contributed by atoms with Gasteiger partial charge in [-0.25, -0.2) is 19.6 Å². The van der Waals surface area contributed by atoms with E-state index in [0.717, 1.165) is 0 Å². The molecule has 0 radical (unpaired) electrons. The largest absolute Gasteiger partial charge is 0.371 e. The molecule has 1 aliphatic rings. The lowest BCUT2D eigenvalue weighted by atomic mass is 10.0. The Morgan fingerprint density at radius 3 is 2.54 bits per heavy atom. The Bertz CT molecular complexity index is 987. The van der Waals surface area contributed by atoms with Crippen molar-refractivity contribution in [2.45, 2.75) is 71.6 Å². The monoisotopic (exact) mass is 506 g/mol. The van der Waals surface area contributed by atoms with Crippen LogP contribution in [0.3, 0.4) is 0 Å². The quantitative estimate of drug-likeness (QED) is 0.338. The van der Waals surface area contributed by atoms with Crippen LogP contribution in [0, 0.1) is 17.2 Å². The van der Waals surface area contributed by atoms with Crippen LogP contribution < -0.4 is 5.32 Å². The van der Waals surface area contributed by atoms with Gasteiger partial charge in [0.15, 0.2) is 11.5 Å². The second kappa shape index (κ2) is 12.3. The standard InChI is InChI=1S/C23H39N8O3P/c1-15(2)31(16(3)4)35(32-11-9-10-24)34-20-17(5)23(33-18(20)12-29(7)8)30-14-28-19-21(25-6)26-13-27-22(19)30/h13-18,20,23H,9,11-12H2,1-8H3,(H,25,26,27)/t17-,18-,20+,23?,35?/m1/s1. The second-order valence-electron chi connectivity index (χ2n) is 9.60. The van der Waals surface area contributed by atoms with Gasteiger partial charge in [0.2, 0.25) is 0 Å².